The summed E-state index contributed by atoms with van der Waals surface area (Å²) in [7, 11) is 0. The topological polar surface area (TPSA) is 76.3 Å². The molecule has 2 atom stereocenters. The van der Waals surface area contributed by atoms with Crippen molar-refractivity contribution in [2.24, 2.45) is 0 Å². The molecule has 0 amide bonds. The molecule has 0 aliphatic carbocycles. The number of benzene rings is 2. The van der Waals surface area contributed by atoms with Crippen molar-refractivity contribution >= 4 is 11.0 Å². The van der Waals surface area contributed by atoms with E-state index in [0.29, 0.717) is 23.7 Å². The van der Waals surface area contributed by atoms with Crippen LogP contribution in [0.5, 0.6) is 11.5 Å². The van der Waals surface area contributed by atoms with Crippen molar-refractivity contribution < 1.29 is 18.6 Å². The van der Waals surface area contributed by atoms with Crippen LogP contribution < -0.4 is 4.74 Å². The van der Waals surface area contributed by atoms with Crippen molar-refractivity contribution in [1.82, 2.24) is 24.6 Å². The molecule has 186 valence electrons. The summed E-state index contributed by atoms with van der Waals surface area (Å²) in [6, 6.07) is 13.2. The van der Waals surface area contributed by atoms with Crippen LogP contribution in [-0.4, -0.2) is 48.1 Å². The van der Waals surface area contributed by atoms with Gasteiger partial charge in [-0.15, -0.1) is 0 Å². The van der Waals surface area contributed by atoms with Gasteiger partial charge in [-0.3, -0.25) is 4.90 Å². The van der Waals surface area contributed by atoms with Crippen LogP contribution in [0.25, 0.3) is 22.3 Å². The molecule has 0 radical (unpaired) electrons. The minimum Gasteiger partial charge on any atom is -0.457 e. The summed E-state index contributed by atoms with van der Waals surface area (Å²) in [4.78, 5) is 10.7. The van der Waals surface area contributed by atoms with E-state index in [1.54, 1.807) is 36.5 Å². The number of aliphatic hydroxyl groups is 1. The average molecular weight is 492 g/mol. The van der Waals surface area contributed by atoms with Gasteiger partial charge in [-0.2, -0.15) is 5.10 Å². The largest absolute Gasteiger partial charge is 0.457 e. The van der Waals surface area contributed by atoms with Crippen molar-refractivity contribution in [2.45, 2.75) is 44.5 Å². The van der Waals surface area contributed by atoms with Crippen LogP contribution in [-0.2, 0) is 6.54 Å². The Morgan fingerprint density at radius 3 is 2.75 bits per heavy atom. The molecule has 0 spiro atoms. The fourth-order valence-corrected chi connectivity index (χ4v) is 4.89. The summed E-state index contributed by atoms with van der Waals surface area (Å²) in [5.74, 6) is 0.873. The number of fused-ring (bicyclic) bond motifs is 1. The van der Waals surface area contributed by atoms with Crippen molar-refractivity contribution in [1.29, 1.82) is 0 Å². The Balaban J connectivity index is 1.43. The smallest absolute Gasteiger partial charge is 0.263 e. The Morgan fingerprint density at radius 2 is 2.00 bits per heavy atom. The highest BCUT2D eigenvalue weighted by Crippen LogP contribution is 2.35. The van der Waals surface area contributed by atoms with Crippen LogP contribution in [0.3, 0.4) is 0 Å². The van der Waals surface area contributed by atoms with Gasteiger partial charge in [0, 0.05) is 29.4 Å². The molecule has 2 aromatic heterocycles. The lowest BCUT2D eigenvalue weighted by atomic mass is 9.98. The summed E-state index contributed by atoms with van der Waals surface area (Å²) in [5.41, 5.74) is 1.90. The second-order valence-electron chi connectivity index (χ2n) is 9.21. The first-order valence-electron chi connectivity index (χ1n) is 11.8. The summed E-state index contributed by atoms with van der Waals surface area (Å²) in [5, 5.41) is 16.1. The molecular formula is C27H27F2N5O2. The molecule has 36 heavy (non-hydrogen) atoms. The molecule has 9 heteroatoms. The number of hydrogen-bond acceptors (Lipinski definition) is 6. The second kappa shape index (κ2) is 9.75. The number of likely N-dealkylation sites (tertiary alicyclic amines) is 1. The normalized spacial score (nSPS) is 19.1. The van der Waals surface area contributed by atoms with Crippen LogP contribution in [0.1, 0.15) is 31.8 Å². The molecule has 7 nitrogen and oxygen atoms in total. The highest BCUT2D eigenvalue weighted by atomic mass is 19.3. The van der Waals surface area contributed by atoms with Crippen molar-refractivity contribution in [3.8, 4) is 22.8 Å². The summed E-state index contributed by atoms with van der Waals surface area (Å²) >= 11 is 0. The van der Waals surface area contributed by atoms with E-state index in [1.807, 2.05) is 21.7 Å². The number of ether oxygens (including phenoxy) is 1. The van der Waals surface area contributed by atoms with Gasteiger partial charge in [0.25, 0.3) is 6.43 Å². The standard InChI is InChI=1S/C27H27F2N5O2/c1-3-23(35)33-13-5-12-27(33,2)16-34-26-22(15-30-17-31-26)24(32-34)18-8-10-20(11-9-18)36-21-7-4-6-19(14-21)25(28)29/h3-4,6-11,14-15,17,23,25,35H,1,5,12-13,16H2,2H3. The zero-order chi connectivity index (χ0) is 25.3. The maximum atomic E-state index is 13.0. The third kappa shape index (κ3) is 4.59. The Labute approximate surface area is 207 Å². The Morgan fingerprint density at radius 1 is 1.19 bits per heavy atom. The fraction of sp³-hybridized carbons (Fsp3) is 0.296. The van der Waals surface area contributed by atoms with Crippen molar-refractivity contribution in [2.75, 3.05) is 6.54 Å². The van der Waals surface area contributed by atoms with Crippen molar-refractivity contribution in [3.05, 3.63) is 79.3 Å². The lowest BCUT2D eigenvalue weighted by Gasteiger charge is -2.37. The van der Waals surface area contributed by atoms with Gasteiger partial charge in [-0.1, -0.05) is 18.7 Å². The molecule has 0 saturated carbocycles. The summed E-state index contributed by atoms with van der Waals surface area (Å²) in [6.45, 7) is 7.19. The quantitative estimate of drug-likeness (QED) is 0.324. The van der Waals surface area contributed by atoms with Gasteiger partial charge in [0.05, 0.1) is 11.9 Å². The van der Waals surface area contributed by atoms with E-state index in [2.05, 4.69) is 23.5 Å². The summed E-state index contributed by atoms with van der Waals surface area (Å²) in [6.07, 6.45) is 3.41. The number of halogens is 2. The first-order valence-corrected chi connectivity index (χ1v) is 11.8. The van der Waals surface area contributed by atoms with E-state index < -0.39 is 12.7 Å². The van der Waals surface area contributed by atoms with Crippen LogP contribution in [0, 0.1) is 0 Å². The minimum atomic E-state index is -2.56. The van der Waals surface area contributed by atoms with Gasteiger partial charge in [-0.05, 0) is 62.2 Å². The van der Waals surface area contributed by atoms with Crippen LogP contribution in [0.2, 0.25) is 0 Å². The molecule has 2 aromatic carbocycles. The second-order valence-corrected chi connectivity index (χ2v) is 9.21. The molecule has 1 saturated heterocycles. The molecular weight excluding hydrogens is 464 g/mol. The zero-order valence-electron chi connectivity index (χ0n) is 19.9. The molecule has 4 aromatic rings. The molecule has 1 aliphatic heterocycles. The highest BCUT2D eigenvalue weighted by molar-refractivity contribution is 5.90. The van der Waals surface area contributed by atoms with Crippen LogP contribution >= 0.6 is 0 Å². The number of aromatic nitrogens is 4. The van der Waals surface area contributed by atoms with Crippen molar-refractivity contribution in [3.63, 3.8) is 0 Å². The zero-order valence-corrected chi connectivity index (χ0v) is 19.9. The van der Waals surface area contributed by atoms with Gasteiger partial charge in [-0.25, -0.2) is 23.4 Å². The number of alkyl halides is 2. The van der Waals surface area contributed by atoms with Gasteiger partial charge in [0.2, 0.25) is 0 Å². The molecule has 1 N–H and O–H groups in total. The molecule has 1 fully saturated rings. The minimum absolute atomic E-state index is 0.0868. The number of aliphatic hydroxyl groups excluding tert-OH is 1. The van der Waals surface area contributed by atoms with E-state index in [9.17, 15) is 13.9 Å². The van der Waals surface area contributed by atoms with Gasteiger partial charge >= 0.3 is 0 Å². The maximum Gasteiger partial charge on any atom is 0.263 e. The highest BCUT2D eigenvalue weighted by Gasteiger charge is 2.40. The molecule has 5 rings (SSSR count). The average Bonchev–Trinajstić information content (AvgIpc) is 3.45. The SMILES string of the molecule is C=CC(O)N1CCCC1(C)Cn1nc(-c2ccc(Oc3cccc(C(F)F)c3)cc2)c2cncnc21. The lowest BCUT2D eigenvalue weighted by Crippen LogP contribution is -2.49. The number of nitrogens with zero attached hydrogens (tertiary/aromatic N) is 5. The van der Waals surface area contributed by atoms with Gasteiger partial charge in [0.15, 0.2) is 5.65 Å². The predicted octanol–water partition coefficient (Wildman–Crippen LogP) is 5.58. The number of rotatable bonds is 8. The molecule has 1 aliphatic rings. The third-order valence-corrected chi connectivity index (χ3v) is 6.71. The Bertz CT molecular complexity index is 1370. The monoisotopic (exact) mass is 491 g/mol. The fourth-order valence-electron chi connectivity index (χ4n) is 4.89. The van der Waals surface area contributed by atoms with E-state index in [4.69, 9.17) is 9.84 Å². The predicted molar refractivity (Wildman–Crippen MR) is 133 cm³/mol. The molecule has 2 unspecified atom stereocenters. The van der Waals surface area contributed by atoms with Crippen LogP contribution in [0.4, 0.5) is 8.78 Å². The van der Waals surface area contributed by atoms with Gasteiger partial charge < -0.3 is 9.84 Å². The van der Waals surface area contributed by atoms with E-state index in [1.165, 1.54) is 18.5 Å². The Hall–Kier alpha value is -3.69. The van der Waals surface area contributed by atoms with Gasteiger partial charge in [0.1, 0.15) is 29.7 Å². The molecule has 0 bridgehead atoms. The van der Waals surface area contributed by atoms with E-state index >= 15 is 0 Å². The van der Waals surface area contributed by atoms with E-state index in [0.717, 1.165) is 36.0 Å². The first kappa shape index (κ1) is 24.0. The maximum absolute atomic E-state index is 13.0. The van der Waals surface area contributed by atoms with E-state index in [-0.39, 0.29) is 11.1 Å². The third-order valence-electron chi connectivity index (χ3n) is 6.71. The first-order chi connectivity index (χ1) is 17.4. The Kier molecular flexibility index (Phi) is 6.51. The number of hydrogen-bond donors (Lipinski definition) is 1. The lowest BCUT2D eigenvalue weighted by molar-refractivity contribution is -0.0150. The molecule has 3 heterocycles. The van der Waals surface area contributed by atoms with Crippen LogP contribution in [0.15, 0.2) is 73.7 Å². The summed E-state index contributed by atoms with van der Waals surface area (Å²) < 4.78 is 33.6.